The van der Waals surface area contributed by atoms with Crippen LogP contribution in [0.5, 0.6) is 0 Å². The van der Waals surface area contributed by atoms with Crippen molar-refractivity contribution in [3.63, 3.8) is 0 Å². The van der Waals surface area contributed by atoms with Crippen molar-refractivity contribution in [1.29, 1.82) is 0 Å². The standard InChI is InChI=1S/C17H21NO/c1-12-9-10-16(15-7-4-3-6-14(12)15)18-13(2)17-8-5-11-19-17/h3-8,11-13,16,18H,9-10H2,1-2H3. The second-order valence-corrected chi connectivity index (χ2v) is 5.56. The molecule has 0 fully saturated rings. The fraction of sp³-hybridized carbons (Fsp3) is 0.412. The quantitative estimate of drug-likeness (QED) is 0.869. The van der Waals surface area contributed by atoms with Crippen LogP contribution in [0.15, 0.2) is 47.1 Å². The Labute approximate surface area is 114 Å². The van der Waals surface area contributed by atoms with Crippen molar-refractivity contribution in [1.82, 2.24) is 5.32 Å². The number of hydrogen-bond donors (Lipinski definition) is 1. The van der Waals surface area contributed by atoms with Gasteiger partial charge in [0.1, 0.15) is 5.76 Å². The van der Waals surface area contributed by atoms with E-state index in [0.717, 1.165) is 5.76 Å². The van der Waals surface area contributed by atoms with Gasteiger partial charge < -0.3 is 9.73 Å². The molecule has 0 bridgehead atoms. The zero-order valence-electron chi connectivity index (χ0n) is 11.6. The van der Waals surface area contributed by atoms with Gasteiger partial charge in [0.25, 0.3) is 0 Å². The van der Waals surface area contributed by atoms with Gasteiger partial charge in [0.2, 0.25) is 0 Å². The minimum atomic E-state index is 0.251. The summed E-state index contributed by atoms with van der Waals surface area (Å²) in [6.07, 6.45) is 4.19. The first-order chi connectivity index (χ1) is 9.25. The molecular weight excluding hydrogens is 234 g/mol. The largest absolute Gasteiger partial charge is 0.468 e. The number of benzene rings is 1. The van der Waals surface area contributed by atoms with Crippen molar-refractivity contribution in [3.8, 4) is 0 Å². The molecule has 0 spiro atoms. The molecule has 1 aromatic heterocycles. The molecule has 0 saturated heterocycles. The second kappa shape index (κ2) is 5.22. The highest BCUT2D eigenvalue weighted by Crippen LogP contribution is 2.38. The van der Waals surface area contributed by atoms with Crippen LogP contribution in [0.3, 0.4) is 0 Å². The molecule has 1 aliphatic rings. The molecule has 0 amide bonds. The highest BCUT2D eigenvalue weighted by molar-refractivity contribution is 5.35. The Kier molecular flexibility index (Phi) is 3.43. The normalized spacial score (nSPS) is 23.9. The van der Waals surface area contributed by atoms with Crippen LogP contribution >= 0.6 is 0 Å². The number of fused-ring (bicyclic) bond motifs is 1. The topological polar surface area (TPSA) is 25.2 Å². The van der Waals surface area contributed by atoms with Gasteiger partial charge in [-0.1, -0.05) is 31.2 Å². The SMILES string of the molecule is CC1CCC(NC(C)c2ccco2)c2ccccc21. The molecule has 2 heteroatoms. The highest BCUT2D eigenvalue weighted by atomic mass is 16.3. The average molecular weight is 255 g/mol. The van der Waals surface area contributed by atoms with E-state index in [9.17, 15) is 0 Å². The van der Waals surface area contributed by atoms with Gasteiger partial charge in [-0.3, -0.25) is 0 Å². The van der Waals surface area contributed by atoms with Gasteiger partial charge in [-0.2, -0.15) is 0 Å². The van der Waals surface area contributed by atoms with Crippen LogP contribution in [0.25, 0.3) is 0 Å². The van der Waals surface area contributed by atoms with E-state index in [4.69, 9.17) is 4.42 Å². The molecule has 100 valence electrons. The Morgan fingerprint density at radius 3 is 2.63 bits per heavy atom. The maximum atomic E-state index is 5.48. The summed E-state index contributed by atoms with van der Waals surface area (Å²) in [6, 6.07) is 13.5. The summed E-state index contributed by atoms with van der Waals surface area (Å²) in [6.45, 7) is 4.49. The molecule has 1 N–H and O–H groups in total. The van der Waals surface area contributed by atoms with E-state index >= 15 is 0 Å². The Hall–Kier alpha value is -1.54. The summed E-state index contributed by atoms with van der Waals surface area (Å²) in [5, 5.41) is 3.70. The summed E-state index contributed by atoms with van der Waals surface area (Å²) >= 11 is 0. The Morgan fingerprint density at radius 2 is 1.89 bits per heavy atom. The van der Waals surface area contributed by atoms with E-state index in [-0.39, 0.29) is 6.04 Å². The monoisotopic (exact) mass is 255 g/mol. The van der Waals surface area contributed by atoms with E-state index < -0.39 is 0 Å². The maximum absolute atomic E-state index is 5.48. The summed E-state index contributed by atoms with van der Waals surface area (Å²) in [4.78, 5) is 0. The molecular formula is C17H21NO. The zero-order chi connectivity index (χ0) is 13.2. The van der Waals surface area contributed by atoms with Gasteiger partial charge >= 0.3 is 0 Å². The number of rotatable bonds is 3. The third kappa shape index (κ3) is 2.45. The average Bonchev–Trinajstić information content (AvgIpc) is 2.96. The third-order valence-electron chi connectivity index (χ3n) is 4.21. The number of hydrogen-bond acceptors (Lipinski definition) is 2. The van der Waals surface area contributed by atoms with Crippen molar-refractivity contribution < 1.29 is 4.42 Å². The fourth-order valence-corrected chi connectivity index (χ4v) is 3.10. The van der Waals surface area contributed by atoms with Crippen molar-refractivity contribution in [2.75, 3.05) is 0 Å². The van der Waals surface area contributed by atoms with Crippen molar-refractivity contribution >= 4 is 0 Å². The van der Waals surface area contributed by atoms with Crippen LogP contribution in [0.1, 0.15) is 61.6 Å². The fourth-order valence-electron chi connectivity index (χ4n) is 3.10. The van der Waals surface area contributed by atoms with Crippen molar-refractivity contribution in [2.24, 2.45) is 0 Å². The first-order valence-electron chi connectivity index (χ1n) is 7.14. The van der Waals surface area contributed by atoms with Crippen molar-refractivity contribution in [3.05, 3.63) is 59.5 Å². The molecule has 3 rings (SSSR count). The minimum absolute atomic E-state index is 0.251. The van der Waals surface area contributed by atoms with Crippen LogP contribution < -0.4 is 5.32 Å². The smallest absolute Gasteiger partial charge is 0.120 e. The van der Waals surface area contributed by atoms with Gasteiger partial charge in [-0.25, -0.2) is 0 Å². The van der Waals surface area contributed by atoms with Gasteiger partial charge in [-0.05, 0) is 48.9 Å². The molecule has 1 aromatic carbocycles. The molecule has 3 atom stereocenters. The number of furan rings is 1. The summed E-state index contributed by atoms with van der Waals surface area (Å²) in [5.41, 5.74) is 2.96. The van der Waals surface area contributed by atoms with Gasteiger partial charge in [0.05, 0.1) is 12.3 Å². The highest BCUT2D eigenvalue weighted by Gasteiger charge is 2.25. The van der Waals surface area contributed by atoms with Crippen LogP contribution in [0.2, 0.25) is 0 Å². The summed E-state index contributed by atoms with van der Waals surface area (Å²) in [7, 11) is 0. The lowest BCUT2D eigenvalue weighted by atomic mass is 9.81. The van der Waals surface area contributed by atoms with Crippen LogP contribution in [0.4, 0.5) is 0 Å². The third-order valence-corrected chi connectivity index (χ3v) is 4.21. The summed E-state index contributed by atoms with van der Waals surface area (Å²) < 4.78 is 5.48. The molecule has 2 nitrogen and oxygen atoms in total. The van der Waals surface area contributed by atoms with E-state index in [1.54, 1.807) is 6.26 Å². The molecule has 3 unspecified atom stereocenters. The van der Waals surface area contributed by atoms with E-state index in [1.165, 1.54) is 24.0 Å². The lowest BCUT2D eigenvalue weighted by Gasteiger charge is -2.32. The van der Waals surface area contributed by atoms with Crippen LogP contribution in [-0.2, 0) is 0 Å². The molecule has 19 heavy (non-hydrogen) atoms. The lowest BCUT2D eigenvalue weighted by Crippen LogP contribution is -2.28. The first-order valence-corrected chi connectivity index (χ1v) is 7.14. The van der Waals surface area contributed by atoms with E-state index in [2.05, 4.69) is 43.4 Å². The van der Waals surface area contributed by atoms with Gasteiger partial charge in [-0.15, -0.1) is 0 Å². The van der Waals surface area contributed by atoms with Crippen LogP contribution in [-0.4, -0.2) is 0 Å². The second-order valence-electron chi connectivity index (χ2n) is 5.56. The Morgan fingerprint density at radius 1 is 1.11 bits per heavy atom. The van der Waals surface area contributed by atoms with Crippen LogP contribution in [0, 0.1) is 0 Å². The lowest BCUT2D eigenvalue weighted by molar-refractivity contribution is 0.357. The first kappa shape index (κ1) is 12.5. The zero-order valence-corrected chi connectivity index (χ0v) is 11.6. The molecule has 0 aliphatic heterocycles. The maximum Gasteiger partial charge on any atom is 0.120 e. The van der Waals surface area contributed by atoms with E-state index in [1.807, 2.05) is 12.1 Å². The Balaban J connectivity index is 1.81. The number of nitrogens with one attached hydrogen (secondary N) is 1. The molecule has 1 heterocycles. The Bertz CT molecular complexity index is 532. The predicted molar refractivity (Wildman–Crippen MR) is 77.1 cm³/mol. The molecule has 1 aliphatic carbocycles. The minimum Gasteiger partial charge on any atom is -0.468 e. The van der Waals surface area contributed by atoms with Crippen molar-refractivity contribution in [2.45, 2.75) is 44.7 Å². The van der Waals surface area contributed by atoms with E-state index in [0.29, 0.717) is 12.0 Å². The van der Waals surface area contributed by atoms with Gasteiger partial charge in [0.15, 0.2) is 0 Å². The molecule has 0 radical (unpaired) electrons. The summed E-state index contributed by atoms with van der Waals surface area (Å²) in [5.74, 6) is 1.68. The molecule has 2 aromatic rings. The molecule has 0 saturated carbocycles. The predicted octanol–water partition coefficient (Wildman–Crippen LogP) is 4.57. The van der Waals surface area contributed by atoms with Gasteiger partial charge in [0, 0.05) is 6.04 Å².